The Labute approximate surface area is 294 Å². The molecule has 4 heteroatoms. The highest BCUT2D eigenvalue weighted by Crippen LogP contribution is 2.44. The highest BCUT2D eigenvalue weighted by atomic mass is 32.1. The summed E-state index contributed by atoms with van der Waals surface area (Å²) in [7, 11) is 0. The number of para-hydroxylation sites is 1. The summed E-state index contributed by atoms with van der Waals surface area (Å²) in [4.78, 5) is 10.6. The van der Waals surface area contributed by atoms with E-state index in [-0.39, 0.29) is 0 Å². The van der Waals surface area contributed by atoms with Crippen LogP contribution in [-0.4, -0.2) is 14.5 Å². The van der Waals surface area contributed by atoms with Crippen LogP contribution in [-0.2, 0) is 6.42 Å². The van der Waals surface area contributed by atoms with Gasteiger partial charge in [-0.2, -0.15) is 0 Å². The molecule has 0 spiro atoms. The van der Waals surface area contributed by atoms with Crippen molar-refractivity contribution in [1.29, 1.82) is 0 Å². The molecule has 0 amide bonds. The minimum atomic E-state index is 0.737. The second-order valence-electron chi connectivity index (χ2n) is 12.9. The maximum atomic E-state index is 5.32. The Kier molecular flexibility index (Phi) is 6.81. The van der Waals surface area contributed by atoms with Crippen molar-refractivity contribution in [2.75, 3.05) is 0 Å². The molecule has 3 aromatic heterocycles. The summed E-state index contributed by atoms with van der Waals surface area (Å²) in [5, 5.41) is 2.49. The van der Waals surface area contributed by atoms with Crippen LogP contribution in [0.2, 0.25) is 0 Å². The summed E-state index contributed by atoms with van der Waals surface area (Å²) < 4.78 is 4.76. The number of thiophene rings is 1. The van der Waals surface area contributed by atoms with Crippen molar-refractivity contribution < 1.29 is 0 Å². The van der Waals surface area contributed by atoms with Crippen LogP contribution in [0.3, 0.4) is 0 Å². The summed E-state index contributed by atoms with van der Waals surface area (Å²) in [5.74, 6) is 0.737. The van der Waals surface area contributed by atoms with E-state index in [1.807, 2.05) is 6.07 Å². The Bertz CT molecular complexity index is 2740. The molecule has 1 aliphatic rings. The largest absolute Gasteiger partial charge is 0.313 e. The maximum absolute atomic E-state index is 5.32. The number of allylic oxidation sites excluding steroid dienone is 1. The first-order valence-electron chi connectivity index (χ1n) is 17.1. The smallest absolute Gasteiger partial charge is 0.160 e. The molecule has 0 bridgehead atoms. The van der Waals surface area contributed by atoms with Gasteiger partial charge < -0.3 is 4.57 Å². The number of hydrogen-bond donors (Lipinski definition) is 0. The second kappa shape index (κ2) is 11.8. The van der Waals surface area contributed by atoms with Gasteiger partial charge >= 0.3 is 0 Å². The first-order chi connectivity index (χ1) is 24.8. The summed E-state index contributed by atoms with van der Waals surface area (Å²) in [6, 6.07) is 54.1. The van der Waals surface area contributed by atoms with Crippen LogP contribution in [0.4, 0.5) is 0 Å². The van der Waals surface area contributed by atoms with Gasteiger partial charge in [-0.3, -0.25) is 0 Å². The van der Waals surface area contributed by atoms with Gasteiger partial charge in [-0.25, -0.2) is 9.97 Å². The third-order valence-electron chi connectivity index (χ3n) is 9.90. The lowest BCUT2D eigenvalue weighted by molar-refractivity contribution is 0.888. The Morgan fingerprint density at radius 2 is 1.30 bits per heavy atom. The SMILES string of the molecule is C1=Cc2c(n(-c3ccc(-c4cccc5sc6c(-c7cccc(-c8ccccc8)c7)nc(-c7ccccc7)nc6c45)cc3)c3ccccc23)CC1. The van der Waals surface area contributed by atoms with Crippen molar-refractivity contribution in [3.63, 3.8) is 0 Å². The van der Waals surface area contributed by atoms with Gasteiger partial charge in [0.2, 0.25) is 0 Å². The van der Waals surface area contributed by atoms with Gasteiger partial charge in [0.1, 0.15) is 0 Å². The topological polar surface area (TPSA) is 30.7 Å². The van der Waals surface area contributed by atoms with Crippen LogP contribution in [0.1, 0.15) is 17.7 Å². The summed E-state index contributed by atoms with van der Waals surface area (Å²) in [5.41, 5.74) is 14.0. The minimum absolute atomic E-state index is 0.737. The standard InChI is InChI=1S/C46H31N3S/c1-3-13-30(14-4-1)33-17-11-18-34(29-33)43-45-44(48-46(47-43)32-15-5-2-6-16-32)42-36(21-12-24-41(42)50-45)31-25-27-35(28-26-31)49-39-22-9-7-19-37(39)38-20-8-10-23-40(38)49/h1-9,11-22,24-29H,10,23H2. The number of nitrogens with zero attached hydrogens (tertiary/aromatic N) is 3. The summed E-state index contributed by atoms with van der Waals surface area (Å²) in [6.45, 7) is 0. The zero-order chi connectivity index (χ0) is 33.0. The average molecular weight is 658 g/mol. The monoisotopic (exact) mass is 657 g/mol. The predicted molar refractivity (Wildman–Crippen MR) is 211 cm³/mol. The van der Waals surface area contributed by atoms with Gasteiger partial charge in [0.05, 0.1) is 21.4 Å². The molecule has 236 valence electrons. The molecule has 6 aromatic carbocycles. The lowest BCUT2D eigenvalue weighted by Gasteiger charge is -2.14. The Hall–Kier alpha value is -6.10. The fourth-order valence-corrected chi connectivity index (χ4v) is 8.75. The molecular formula is C46H31N3S. The Morgan fingerprint density at radius 3 is 2.14 bits per heavy atom. The van der Waals surface area contributed by atoms with Gasteiger partial charge in [-0.1, -0.05) is 133 Å². The number of hydrogen-bond acceptors (Lipinski definition) is 3. The highest BCUT2D eigenvalue weighted by Gasteiger charge is 2.21. The molecule has 0 radical (unpaired) electrons. The molecule has 0 fully saturated rings. The van der Waals surface area contributed by atoms with Crippen LogP contribution in [0, 0.1) is 0 Å². The van der Waals surface area contributed by atoms with E-state index in [0.717, 1.165) is 45.7 Å². The fraction of sp³-hybridized carbons (Fsp3) is 0.0435. The minimum Gasteiger partial charge on any atom is -0.313 e. The summed E-state index contributed by atoms with van der Waals surface area (Å²) in [6.07, 6.45) is 6.71. The number of rotatable bonds is 5. The van der Waals surface area contributed by atoms with Gasteiger partial charge in [-0.05, 0) is 65.4 Å². The fourth-order valence-electron chi connectivity index (χ4n) is 7.57. The van der Waals surface area contributed by atoms with E-state index < -0.39 is 0 Å². The van der Waals surface area contributed by atoms with Crippen LogP contribution >= 0.6 is 11.3 Å². The molecule has 0 atom stereocenters. The van der Waals surface area contributed by atoms with Gasteiger partial charge in [0, 0.05) is 43.5 Å². The molecular weight excluding hydrogens is 627 g/mol. The van der Waals surface area contributed by atoms with Gasteiger partial charge in [0.15, 0.2) is 5.82 Å². The molecule has 1 aliphatic carbocycles. The number of benzene rings is 6. The molecule has 50 heavy (non-hydrogen) atoms. The van der Waals surface area contributed by atoms with Crippen molar-refractivity contribution in [1.82, 2.24) is 14.5 Å². The predicted octanol–water partition coefficient (Wildman–Crippen LogP) is 12.4. The zero-order valence-electron chi connectivity index (χ0n) is 27.3. The van der Waals surface area contributed by atoms with Crippen molar-refractivity contribution in [2.45, 2.75) is 12.8 Å². The first-order valence-corrected chi connectivity index (χ1v) is 18.0. The molecule has 10 rings (SSSR count). The molecule has 9 aromatic rings. The molecule has 0 saturated carbocycles. The van der Waals surface area contributed by atoms with Crippen LogP contribution < -0.4 is 0 Å². The van der Waals surface area contributed by atoms with Crippen molar-refractivity contribution >= 4 is 48.6 Å². The van der Waals surface area contributed by atoms with Crippen molar-refractivity contribution in [3.8, 4) is 50.6 Å². The zero-order valence-corrected chi connectivity index (χ0v) is 28.1. The normalized spacial score (nSPS) is 12.6. The maximum Gasteiger partial charge on any atom is 0.160 e. The lowest BCUT2D eigenvalue weighted by Crippen LogP contribution is -2.02. The molecule has 0 unspecified atom stereocenters. The van der Waals surface area contributed by atoms with E-state index in [0.29, 0.717) is 0 Å². The highest BCUT2D eigenvalue weighted by molar-refractivity contribution is 7.26. The molecule has 3 nitrogen and oxygen atoms in total. The lowest BCUT2D eigenvalue weighted by atomic mass is 9.99. The van der Waals surface area contributed by atoms with E-state index in [4.69, 9.17) is 9.97 Å². The van der Waals surface area contributed by atoms with Crippen LogP contribution in [0.5, 0.6) is 0 Å². The quantitative estimate of drug-likeness (QED) is 0.184. The molecule has 3 heterocycles. The molecule has 0 N–H and O–H groups in total. The van der Waals surface area contributed by atoms with E-state index in [2.05, 4.69) is 162 Å². The van der Waals surface area contributed by atoms with Gasteiger partial charge in [-0.15, -0.1) is 11.3 Å². The molecule has 0 saturated heterocycles. The third kappa shape index (κ3) is 4.72. The number of aromatic nitrogens is 3. The van der Waals surface area contributed by atoms with Crippen molar-refractivity contribution in [3.05, 3.63) is 169 Å². The summed E-state index contributed by atoms with van der Waals surface area (Å²) >= 11 is 1.78. The van der Waals surface area contributed by atoms with E-state index in [1.165, 1.54) is 60.2 Å². The first kappa shape index (κ1) is 28.9. The molecule has 0 aliphatic heterocycles. The van der Waals surface area contributed by atoms with Crippen LogP contribution in [0.15, 0.2) is 158 Å². The second-order valence-corrected chi connectivity index (χ2v) is 13.9. The van der Waals surface area contributed by atoms with E-state index in [1.54, 1.807) is 11.3 Å². The van der Waals surface area contributed by atoms with Crippen LogP contribution in [0.25, 0.3) is 87.9 Å². The number of fused-ring (bicyclic) bond motifs is 6. The average Bonchev–Trinajstić information content (AvgIpc) is 3.74. The van der Waals surface area contributed by atoms with E-state index in [9.17, 15) is 0 Å². The van der Waals surface area contributed by atoms with E-state index >= 15 is 0 Å². The third-order valence-corrected chi connectivity index (χ3v) is 11.1. The Balaban J connectivity index is 1.16. The van der Waals surface area contributed by atoms with Gasteiger partial charge in [0.25, 0.3) is 0 Å². The van der Waals surface area contributed by atoms with Crippen molar-refractivity contribution in [2.24, 2.45) is 0 Å². The Morgan fingerprint density at radius 1 is 0.580 bits per heavy atom.